The minimum Gasteiger partial charge on any atom is -0.462 e. The Hall–Kier alpha value is -3.67. The Morgan fingerprint density at radius 2 is 0.688 bits per heavy atom. The number of unbranched alkanes of at least 4 members (excludes halogenated alkanes) is 22. The Bertz CT molecular complexity index is 1300. The third-order valence-corrected chi connectivity index (χ3v) is 10.9. The highest BCUT2D eigenvalue weighted by Gasteiger charge is 2.19. The molecule has 364 valence electrons. The third-order valence-electron chi connectivity index (χ3n) is 10.9. The van der Waals surface area contributed by atoms with Crippen molar-refractivity contribution in [2.24, 2.45) is 0 Å². The van der Waals surface area contributed by atoms with Gasteiger partial charge in [-0.15, -0.1) is 0 Å². The van der Waals surface area contributed by atoms with Crippen LogP contribution < -0.4 is 0 Å². The molecule has 0 heterocycles. The number of allylic oxidation sites excluding steroid dienone is 16. The monoisotopic (exact) mass is 889 g/mol. The number of rotatable bonds is 46. The summed E-state index contributed by atoms with van der Waals surface area (Å²) in [6.45, 7) is 6.33. The fourth-order valence-corrected chi connectivity index (χ4v) is 6.99. The van der Waals surface area contributed by atoms with E-state index in [2.05, 4.69) is 99.8 Å². The number of carbonyl (C=O) groups excluding carboxylic acids is 3. The summed E-state index contributed by atoms with van der Waals surface area (Å²) in [6.07, 6.45) is 68.2. The van der Waals surface area contributed by atoms with Crippen LogP contribution in [0.25, 0.3) is 0 Å². The summed E-state index contributed by atoms with van der Waals surface area (Å²) in [5, 5.41) is 0. The highest BCUT2D eigenvalue weighted by molar-refractivity contribution is 5.71. The molecule has 1 unspecified atom stereocenters. The standard InChI is InChI=1S/C58H96O6/c1-4-7-10-13-16-19-22-25-27-28-29-30-32-33-36-39-42-45-48-51-57(60)63-54-55(53-62-56(59)50-47-44-41-38-35-24-21-18-15-12-9-6-3)64-58(61)52-49-46-43-40-37-34-31-26-23-20-17-14-11-8-5-2/h7-8,10-11,14,16-21,23,25-27,31,55H,4-6,9,12-13,15,22,24,28-30,32-54H2,1-3H3/b10-7-,11-8-,17-14-,19-16-,21-18-,23-20-,27-25-,31-26-. The molecule has 0 spiro atoms. The van der Waals surface area contributed by atoms with Gasteiger partial charge in [0.2, 0.25) is 0 Å². The summed E-state index contributed by atoms with van der Waals surface area (Å²) in [5.41, 5.74) is 0. The fourth-order valence-electron chi connectivity index (χ4n) is 6.99. The molecule has 0 rings (SSSR count). The first kappa shape index (κ1) is 60.3. The molecule has 0 aromatic rings. The Morgan fingerprint density at radius 3 is 1.16 bits per heavy atom. The molecule has 0 saturated heterocycles. The van der Waals surface area contributed by atoms with Crippen LogP contribution in [0, 0.1) is 0 Å². The molecule has 0 aliphatic heterocycles. The van der Waals surface area contributed by atoms with Gasteiger partial charge in [-0.1, -0.05) is 214 Å². The zero-order valence-corrected chi connectivity index (χ0v) is 41.5. The smallest absolute Gasteiger partial charge is 0.306 e. The lowest BCUT2D eigenvalue weighted by molar-refractivity contribution is -0.167. The van der Waals surface area contributed by atoms with Crippen molar-refractivity contribution in [1.29, 1.82) is 0 Å². The summed E-state index contributed by atoms with van der Waals surface area (Å²) >= 11 is 0. The van der Waals surface area contributed by atoms with Gasteiger partial charge in [0, 0.05) is 19.3 Å². The van der Waals surface area contributed by atoms with E-state index in [0.717, 1.165) is 116 Å². The van der Waals surface area contributed by atoms with Crippen LogP contribution in [0.5, 0.6) is 0 Å². The molecule has 6 heteroatoms. The van der Waals surface area contributed by atoms with Crippen molar-refractivity contribution in [2.75, 3.05) is 13.2 Å². The van der Waals surface area contributed by atoms with E-state index in [9.17, 15) is 14.4 Å². The van der Waals surface area contributed by atoms with Gasteiger partial charge in [0.05, 0.1) is 0 Å². The van der Waals surface area contributed by atoms with E-state index in [0.29, 0.717) is 19.3 Å². The van der Waals surface area contributed by atoms with Crippen molar-refractivity contribution in [3.8, 4) is 0 Å². The van der Waals surface area contributed by atoms with Gasteiger partial charge in [-0.2, -0.15) is 0 Å². The molecule has 0 aliphatic carbocycles. The lowest BCUT2D eigenvalue weighted by Crippen LogP contribution is -2.30. The van der Waals surface area contributed by atoms with Crippen molar-refractivity contribution in [3.05, 3.63) is 97.2 Å². The van der Waals surface area contributed by atoms with Crippen LogP contribution >= 0.6 is 0 Å². The molecule has 64 heavy (non-hydrogen) atoms. The number of esters is 3. The van der Waals surface area contributed by atoms with Crippen LogP contribution in [-0.2, 0) is 28.6 Å². The van der Waals surface area contributed by atoms with Gasteiger partial charge in [0.15, 0.2) is 6.10 Å². The second-order valence-corrected chi connectivity index (χ2v) is 17.1. The molecule has 0 radical (unpaired) electrons. The Balaban J connectivity index is 4.41. The molecule has 0 saturated carbocycles. The van der Waals surface area contributed by atoms with E-state index in [1.54, 1.807) is 0 Å². The summed E-state index contributed by atoms with van der Waals surface area (Å²) in [7, 11) is 0. The predicted octanol–water partition coefficient (Wildman–Crippen LogP) is 17.4. The molecule has 0 aromatic carbocycles. The van der Waals surface area contributed by atoms with E-state index < -0.39 is 6.10 Å². The van der Waals surface area contributed by atoms with Crippen molar-refractivity contribution in [3.63, 3.8) is 0 Å². The normalized spacial score (nSPS) is 12.9. The quantitative estimate of drug-likeness (QED) is 0.0199. The third kappa shape index (κ3) is 49.3. The van der Waals surface area contributed by atoms with E-state index in [1.165, 1.54) is 77.0 Å². The lowest BCUT2D eigenvalue weighted by Gasteiger charge is -2.18. The largest absolute Gasteiger partial charge is 0.462 e. The second-order valence-electron chi connectivity index (χ2n) is 17.1. The average Bonchev–Trinajstić information content (AvgIpc) is 3.29. The van der Waals surface area contributed by atoms with Gasteiger partial charge in [0.1, 0.15) is 13.2 Å². The number of carbonyl (C=O) groups is 3. The number of hydrogen-bond donors (Lipinski definition) is 0. The highest BCUT2D eigenvalue weighted by Crippen LogP contribution is 2.14. The highest BCUT2D eigenvalue weighted by atomic mass is 16.6. The summed E-state index contributed by atoms with van der Waals surface area (Å²) < 4.78 is 16.8. The molecule has 0 amide bonds. The van der Waals surface area contributed by atoms with Gasteiger partial charge in [-0.3, -0.25) is 14.4 Å². The van der Waals surface area contributed by atoms with E-state index in [1.807, 2.05) is 18.2 Å². The number of hydrogen-bond acceptors (Lipinski definition) is 6. The molecule has 0 aromatic heterocycles. The maximum atomic E-state index is 12.8. The van der Waals surface area contributed by atoms with Crippen LogP contribution in [0.4, 0.5) is 0 Å². The summed E-state index contributed by atoms with van der Waals surface area (Å²) in [4.78, 5) is 38.0. The molecular formula is C58H96O6. The molecule has 1 atom stereocenters. The number of ether oxygens (including phenoxy) is 3. The van der Waals surface area contributed by atoms with Crippen LogP contribution in [0.1, 0.15) is 233 Å². The van der Waals surface area contributed by atoms with E-state index in [-0.39, 0.29) is 31.1 Å². The van der Waals surface area contributed by atoms with Gasteiger partial charge >= 0.3 is 17.9 Å². The molecule has 0 N–H and O–H groups in total. The van der Waals surface area contributed by atoms with Gasteiger partial charge in [-0.25, -0.2) is 0 Å². The van der Waals surface area contributed by atoms with Crippen LogP contribution in [0.15, 0.2) is 97.2 Å². The topological polar surface area (TPSA) is 78.9 Å². The molecule has 0 bridgehead atoms. The first-order valence-electron chi connectivity index (χ1n) is 26.3. The molecule has 0 aliphatic rings. The maximum Gasteiger partial charge on any atom is 0.306 e. The summed E-state index contributed by atoms with van der Waals surface area (Å²) in [6, 6.07) is 0. The lowest BCUT2D eigenvalue weighted by atomic mass is 10.1. The van der Waals surface area contributed by atoms with Crippen LogP contribution in [-0.4, -0.2) is 37.2 Å². The van der Waals surface area contributed by atoms with Crippen molar-refractivity contribution in [2.45, 2.75) is 239 Å². The minimum atomic E-state index is -0.796. The predicted molar refractivity (Wildman–Crippen MR) is 274 cm³/mol. The van der Waals surface area contributed by atoms with Crippen molar-refractivity contribution < 1.29 is 28.6 Å². The molecule has 6 nitrogen and oxygen atoms in total. The molecular weight excluding hydrogens is 793 g/mol. The molecule has 0 fully saturated rings. The Kier molecular flexibility index (Phi) is 49.0. The zero-order valence-electron chi connectivity index (χ0n) is 41.5. The van der Waals surface area contributed by atoms with Gasteiger partial charge in [-0.05, 0) is 96.3 Å². The summed E-state index contributed by atoms with van der Waals surface area (Å²) in [5.74, 6) is -0.934. The average molecular weight is 889 g/mol. The van der Waals surface area contributed by atoms with Gasteiger partial charge < -0.3 is 14.2 Å². The van der Waals surface area contributed by atoms with E-state index >= 15 is 0 Å². The van der Waals surface area contributed by atoms with E-state index in [4.69, 9.17) is 14.2 Å². The zero-order chi connectivity index (χ0) is 46.5. The maximum absolute atomic E-state index is 12.8. The first-order valence-corrected chi connectivity index (χ1v) is 26.3. The van der Waals surface area contributed by atoms with Gasteiger partial charge in [0.25, 0.3) is 0 Å². The SMILES string of the molecule is CC\C=C/C=C\C=C/C=C\CCCCCCCC(=O)OC(COC(=O)CCCCCCC/C=C\CCCCC)COC(=O)CCCCCCCCCCC/C=C\C/C=C\C/C=C\CC. The van der Waals surface area contributed by atoms with Crippen molar-refractivity contribution >= 4 is 17.9 Å². The van der Waals surface area contributed by atoms with Crippen LogP contribution in [0.2, 0.25) is 0 Å². The van der Waals surface area contributed by atoms with Crippen molar-refractivity contribution in [1.82, 2.24) is 0 Å². The van der Waals surface area contributed by atoms with Crippen LogP contribution in [0.3, 0.4) is 0 Å². The minimum absolute atomic E-state index is 0.0937. The fraction of sp³-hybridized carbons (Fsp3) is 0.672. The Labute approximate surface area is 394 Å². The Morgan fingerprint density at radius 1 is 0.344 bits per heavy atom. The second kappa shape index (κ2) is 52.0. The first-order chi connectivity index (χ1) is 31.5.